The van der Waals surface area contributed by atoms with Gasteiger partial charge in [0, 0.05) is 6.54 Å². The lowest BCUT2D eigenvalue weighted by molar-refractivity contribution is -0.174. The molecule has 1 unspecified atom stereocenters. The van der Waals surface area contributed by atoms with Gasteiger partial charge in [-0.3, -0.25) is 9.59 Å². The van der Waals surface area contributed by atoms with Crippen molar-refractivity contribution in [2.75, 3.05) is 6.54 Å². The van der Waals surface area contributed by atoms with Gasteiger partial charge in [-0.15, -0.1) is 0 Å². The second-order valence-electron chi connectivity index (χ2n) is 4.69. The van der Waals surface area contributed by atoms with E-state index in [4.69, 9.17) is 10.2 Å². The number of hydrogen-bond donors (Lipinski definition) is 4. The molecular formula is C14H17NO7. The van der Waals surface area contributed by atoms with E-state index < -0.39 is 36.4 Å². The van der Waals surface area contributed by atoms with E-state index in [-0.39, 0.29) is 0 Å². The average Bonchev–Trinajstić information content (AvgIpc) is 2.43. The van der Waals surface area contributed by atoms with E-state index in [1.165, 1.54) is 0 Å². The van der Waals surface area contributed by atoms with Crippen molar-refractivity contribution < 1.29 is 34.5 Å². The molecule has 0 radical (unpaired) electrons. The van der Waals surface area contributed by atoms with Crippen molar-refractivity contribution >= 4 is 17.9 Å². The Morgan fingerprint density at radius 1 is 1.09 bits per heavy atom. The molecule has 1 rings (SSSR count). The van der Waals surface area contributed by atoms with Crippen molar-refractivity contribution in [1.29, 1.82) is 0 Å². The molecule has 0 aliphatic carbocycles. The lowest BCUT2D eigenvalue weighted by atomic mass is 9.96. The zero-order valence-electron chi connectivity index (χ0n) is 11.7. The fraction of sp³-hybridized carbons (Fsp3) is 0.357. The molecule has 0 aliphatic heterocycles. The zero-order valence-corrected chi connectivity index (χ0v) is 11.7. The molecule has 8 nitrogen and oxygen atoms in total. The monoisotopic (exact) mass is 311 g/mol. The number of carboxylic acids is 2. The molecule has 0 bridgehead atoms. The number of hydrogen-bond acceptors (Lipinski definition) is 6. The van der Waals surface area contributed by atoms with Crippen LogP contribution in [0.15, 0.2) is 30.3 Å². The van der Waals surface area contributed by atoms with Crippen LogP contribution in [0.2, 0.25) is 0 Å². The molecule has 0 spiro atoms. The summed E-state index contributed by atoms with van der Waals surface area (Å²) in [5.74, 6) is -4.38. The summed E-state index contributed by atoms with van der Waals surface area (Å²) in [6.45, 7) is 0.292. The highest BCUT2D eigenvalue weighted by Crippen LogP contribution is 2.16. The Bertz CT molecular complexity index is 531. The third-order valence-electron chi connectivity index (χ3n) is 2.82. The van der Waals surface area contributed by atoms with Crippen molar-refractivity contribution in [1.82, 2.24) is 5.48 Å². The minimum atomic E-state index is -2.69. The van der Waals surface area contributed by atoms with Crippen LogP contribution < -0.4 is 5.48 Å². The number of hydroxylamine groups is 1. The van der Waals surface area contributed by atoms with Crippen molar-refractivity contribution in [2.45, 2.75) is 24.9 Å². The molecular weight excluding hydrogens is 294 g/mol. The first-order valence-corrected chi connectivity index (χ1v) is 6.47. The molecule has 1 atom stereocenters. The van der Waals surface area contributed by atoms with Crippen molar-refractivity contribution in [3.05, 3.63) is 35.9 Å². The Kier molecular flexibility index (Phi) is 6.48. The number of carboxylic acid groups (broad SMARTS) is 2. The molecule has 0 saturated carbocycles. The number of carbonyl (C=O) groups excluding carboxylic acids is 1. The number of aliphatic hydroxyl groups is 1. The lowest BCUT2D eigenvalue weighted by Crippen LogP contribution is -2.43. The normalized spacial score (nSPS) is 13.1. The van der Waals surface area contributed by atoms with Crippen LogP contribution in [0.5, 0.6) is 0 Å². The maximum Gasteiger partial charge on any atom is 0.336 e. The first-order chi connectivity index (χ1) is 10.3. The number of carbonyl (C=O) groups is 3. The number of benzene rings is 1. The maximum absolute atomic E-state index is 11.5. The van der Waals surface area contributed by atoms with E-state index in [2.05, 4.69) is 10.3 Å². The summed E-state index contributed by atoms with van der Waals surface area (Å²) in [6, 6.07) is 9.37. The molecule has 8 heteroatoms. The van der Waals surface area contributed by atoms with Gasteiger partial charge in [0.05, 0.1) is 12.8 Å². The largest absolute Gasteiger partial charge is 0.481 e. The average molecular weight is 311 g/mol. The summed E-state index contributed by atoms with van der Waals surface area (Å²) in [7, 11) is 0. The molecule has 0 amide bonds. The van der Waals surface area contributed by atoms with E-state index in [0.717, 1.165) is 5.56 Å². The molecule has 0 saturated heterocycles. The lowest BCUT2D eigenvalue weighted by Gasteiger charge is -2.20. The quantitative estimate of drug-likeness (QED) is 0.369. The Labute approximate surface area is 126 Å². The van der Waals surface area contributed by atoms with Crippen LogP contribution in [0.1, 0.15) is 18.4 Å². The minimum absolute atomic E-state index is 0.292. The SMILES string of the molecule is O=C(O)CC(O)(CC(=O)ONCCc1ccccc1)C(=O)O. The fourth-order valence-electron chi connectivity index (χ4n) is 1.71. The molecule has 1 aromatic rings. The highest BCUT2D eigenvalue weighted by atomic mass is 16.7. The van der Waals surface area contributed by atoms with Crippen LogP contribution in [0.4, 0.5) is 0 Å². The van der Waals surface area contributed by atoms with Gasteiger partial charge >= 0.3 is 17.9 Å². The standard InChI is InChI=1S/C14H17NO7/c16-11(17)8-14(21,13(19)20)9-12(18)22-15-7-6-10-4-2-1-3-5-10/h1-5,15,21H,6-9H2,(H,16,17)(H,19,20). The fourth-order valence-corrected chi connectivity index (χ4v) is 1.71. The van der Waals surface area contributed by atoms with Gasteiger partial charge in [0.25, 0.3) is 0 Å². The van der Waals surface area contributed by atoms with Crippen LogP contribution in [0.3, 0.4) is 0 Å². The predicted octanol–water partition coefficient (Wildman–Crippen LogP) is -0.0426. The van der Waals surface area contributed by atoms with E-state index in [1.54, 1.807) is 0 Å². The molecule has 22 heavy (non-hydrogen) atoms. The van der Waals surface area contributed by atoms with E-state index in [9.17, 15) is 19.5 Å². The molecule has 0 aliphatic rings. The summed E-state index contributed by atoms with van der Waals surface area (Å²) < 4.78 is 0. The summed E-state index contributed by atoms with van der Waals surface area (Å²) in [5, 5.41) is 27.0. The molecule has 1 aromatic carbocycles. The Morgan fingerprint density at radius 2 is 1.73 bits per heavy atom. The summed E-state index contributed by atoms with van der Waals surface area (Å²) in [5.41, 5.74) is 0.670. The first-order valence-electron chi connectivity index (χ1n) is 6.47. The summed E-state index contributed by atoms with van der Waals surface area (Å²) in [6.07, 6.45) is -1.49. The maximum atomic E-state index is 11.5. The predicted molar refractivity (Wildman–Crippen MR) is 73.7 cm³/mol. The van der Waals surface area contributed by atoms with E-state index in [0.29, 0.717) is 13.0 Å². The summed E-state index contributed by atoms with van der Waals surface area (Å²) in [4.78, 5) is 37.4. The second-order valence-corrected chi connectivity index (χ2v) is 4.69. The highest BCUT2D eigenvalue weighted by molar-refractivity contribution is 5.88. The summed E-state index contributed by atoms with van der Waals surface area (Å²) >= 11 is 0. The van der Waals surface area contributed by atoms with Gasteiger partial charge in [0.1, 0.15) is 0 Å². The van der Waals surface area contributed by atoms with Gasteiger partial charge in [-0.1, -0.05) is 30.3 Å². The number of rotatable bonds is 9. The van der Waals surface area contributed by atoms with Gasteiger partial charge in [-0.2, -0.15) is 5.48 Å². The third-order valence-corrected chi connectivity index (χ3v) is 2.82. The van der Waals surface area contributed by atoms with Gasteiger partial charge in [-0.25, -0.2) is 4.79 Å². The van der Waals surface area contributed by atoms with Gasteiger partial charge in [-0.05, 0) is 12.0 Å². The highest BCUT2D eigenvalue weighted by Gasteiger charge is 2.41. The zero-order chi connectivity index (χ0) is 16.6. The van der Waals surface area contributed by atoms with Crippen LogP contribution in [-0.4, -0.2) is 45.4 Å². The van der Waals surface area contributed by atoms with Gasteiger partial charge < -0.3 is 20.2 Å². The van der Waals surface area contributed by atoms with Gasteiger partial charge in [0.2, 0.25) is 0 Å². The molecule has 0 fully saturated rings. The van der Waals surface area contributed by atoms with Crippen LogP contribution in [0, 0.1) is 0 Å². The van der Waals surface area contributed by atoms with Crippen molar-refractivity contribution in [2.24, 2.45) is 0 Å². The van der Waals surface area contributed by atoms with Crippen LogP contribution >= 0.6 is 0 Å². The molecule has 4 N–H and O–H groups in total. The second kappa shape index (κ2) is 8.11. The van der Waals surface area contributed by atoms with Crippen molar-refractivity contribution in [3.8, 4) is 0 Å². The van der Waals surface area contributed by atoms with Crippen LogP contribution in [0.25, 0.3) is 0 Å². The smallest absolute Gasteiger partial charge is 0.336 e. The topological polar surface area (TPSA) is 133 Å². The van der Waals surface area contributed by atoms with Crippen molar-refractivity contribution in [3.63, 3.8) is 0 Å². The molecule has 0 aromatic heterocycles. The van der Waals surface area contributed by atoms with Gasteiger partial charge in [0.15, 0.2) is 5.60 Å². The molecule has 0 heterocycles. The first kappa shape index (κ1) is 17.6. The van der Waals surface area contributed by atoms with E-state index in [1.807, 2.05) is 30.3 Å². The third kappa shape index (κ3) is 5.90. The Morgan fingerprint density at radius 3 is 2.27 bits per heavy atom. The minimum Gasteiger partial charge on any atom is -0.481 e. The Balaban J connectivity index is 2.38. The van der Waals surface area contributed by atoms with Crippen LogP contribution in [-0.2, 0) is 25.6 Å². The Hall–Kier alpha value is -2.45. The van der Waals surface area contributed by atoms with E-state index >= 15 is 0 Å². The molecule has 120 valence electrons. The number of nitrogens with one attached hydrogen (secondary N) is 1. The number of aliphatic carboxylic acids is 2.